The van der Waals surface area contributed by atoms with Gasteiger partial charge in [0.1, 0.15) is 5.82 Å². The minimum Gasteiger partial charge on any atom is -0.369 e. The first kappa shape index (κ1) is 11.0. The molecule has 0 aliphatic heterocycles. The van der Waals surface area contributed by atoms with Gasteiger partial charge >= 0.3 is 0 Å². The van der Waals surface area contributed by atoms with Gasteiger partial charge in [-0.3, -0.25) is 0 Å². The highest BCUT2D eigenvalue weighted by molar-refractivity contribution is 5.53. The average molecular weight is 193 g/mol. The van der Waals surface area contributed by atoms with E-state index in [1.165, 1.54) is 0 Å². The van der Waals surface area contributed by atoms with Gasteiger partial charge in [-0.15, -0.1) is 0 Å². The predicted molar refractivity (Wildman–Crippen MR) is 59.8 cm³/mol. The Balaban J connectivity index is 3.20. The van der Waals surface area contributed by atoms with Gasteiger partial charge in [-0.25, -0.2) is 9.97 Å². The Labute approximate surface area is 86.2 Å². The van der Waals surface area contributed by atoms with E-state index in [9.17, 15) is 0 Å². The molecule has 0 aliphatic carbocycles. The number of anilines is 1. The molecule has 14 heavy (non-hydrogen) atoms. The minimum absolute atomic E-state index is 0.471. The summed E-state index contributed by atoms with van der Waals surface area (Å²) in [5.41, 5.74) is 3.28. The number of hydrogen-bond acceptors (Lipinski definition) is 3. The van der Waals surface area contributed by atoms with E-state index in [-0.39, 0.29) is 0 Å². The molecule has 0 amide bonds. The molecule has 1 aromatic heterocycles. The Morgan fingerprint density at radius 3 is 1.79 bits per heavy atom. The van der Waals surface area contributed by atoms with Crippen molar-refractivity contribution in [3.05, 3.63) is 17.2 Å². The number of nitrogens with zero attached hydrogens (tertiary/aromatic N) is 3. The molecule has 78 valence electrons. The number of aromatic nitrogens is 2. The normalized spacial score (nSPS) is 10.8. The first-order valence-corrected chi connectivity index (χ1v) is 4.98. The molecule has 3 nitrogen and oxygen atoms in total. The van der Waals surface area contributed by atoms with Crippen LogP contribution >= 0.6 is 0 Å². The van der Waals surface area contributed by atoms with Crippen LogP contribution in [0.1, 0.15) is 31.1 Å². The molecular formula is C11H19N3. The van der Waals surface area contributed by atoms with Crippen molar-refractivity contribution in [1.82, 2.24) is 9.97 Å². The first-order chi connectivity index (χ1) is 6.43. The molecule has 1 aromatic rings. The summed E-state index contributed by atoms with van der Waals surface area (Å²) in [6, 6.07) is 0.471. The van der Waals surface area contributed by atoms with Crippen LogP contribution in [0.5, 0.6) is 0 Å². The highest BCUT2D eigenvalue weighted by Gasteiger charge is 2.13. The van der Waals surface area contributed by atoms with Gasteiger partial charge in [-0.05, 0) is 34.6 Å². The zero-order valence-corrected chi connectivity index (χ0v) is 9.92. The van der Waals surface area contributed by atoms with Crippen molar-refractivity contribution in [1.29, 1.82) is 0 Å². The maximum absolute atomic E-state index is 4.39. The van der Waals surface area contributed by atoms with Crippen molar-refractivity contribution in [2.75, 3.05) is 11.9 Å². The summed E-state index contributed by atoms with van der Waals surface area (Å²) in [4.78, 5) is 11.0. The third-order valence-corrected chi connectivity index (χ3v) is 2.47. The smallest absolute Gasteiger partial charge is 0.125 e. The van der Waals surface area contributed by atoms with Crippen molar-refractivity contribution in [3.8, 4) is 0 Å². The lowest BCUT2D eigenvalue weighted by Crippen LogP contribution is -2.28. The highest BCUT2D eigenvalue weighted by atomic mass is 15.1. The van der Waals surface area contributed by atoms with E-state index < -0.39 is 0 Å². The molecule has 0 fully saturated rings. The molecule has 0 saturated carbocycles. The van der Waals surface area contributed by atoms with Crippen molar-refractivity contribution >= 4 is 5.69 Å². The zero-order chi connectivity index (χ0) is 10.9. The van der Waals surface area contributed by atoms with Crippen LogP contribution in [0.2, 0.25) is 0 Å². The van der Waals surface area contributed by atoms with Gasteiger partial charge in [-0.1, -0.05) is 0 Å². The van der Waals surface area contributed by atoms with Crippen LogP contribution < -0.4 is 4.90 Å². The van der Waals surface area contributed by atoms with Gasteiger partial charge in [0.2, 0.25) is 0 Å². The standard InChI is InChI=1S/C11H19N3/c1-7(2)14(6)11-8(3)12-10(5)13-9(11)4/h7H,1-6H3. The van der Waals surface area contributed by atoms with E-state index in [4.69, 9.17) is 0 Å². The molecule has 0 spiro atoms. The maximum Gasteiger partial charge on any atom is 0.125 e. The van der Waals surface area contributed by atoms with E-state index in [0.717, 1.165) is 22.9 Å². The van der Waals surface area contributed by atoms with Gasteiger partial charge in [-0.2, -0.15) is 0 Å². The molecule has 0 atom stereocenters. The molecule has 0 aliphatic rings. The van der Waals surface area contributed by atoms with E-state index >= 15 is 0 Å². The highest BCUT2D eigenvalue weighted by Crippen LogP contribution is 2.22. The monoisotopic (exact) mass is 193 g/mol. The molecule has 0 aromatic carbocycles. The van der Waals surface area contributed by atoms with Gasteiger partial charge in [0.15, 0.2) is 0 Å². The van der Waals surface area contributed by atoms with Crippen molar-refractivity contribution in [2.45, 2.75) is 40.7 Å². The lowest BCUT2D eigenvalue weighted by molar-refractivity contribution is 0.740. The predicted octanol–water partition coefficient (Wildman–Crippen LogP) is 2.25. The van der Waals surface area contributed by atoms with E-state index in [0.29, 0.717) is 6.04 Å². The van der Waals surface area contributed by atoms with E-state index in [2.05, 4.69) is 35.8 Å². The molecule has 3 heteroatoms. The minimum atomic E-state index is 0.471. The number of rotatable bonds is 2. The lowest BCUT2D eigenvalue weighted by Gasteiger charge is -2.26. The van der Waals surface area contributed by atoms with Crippen molar-refractivity contribution in [2.24, 2.45) is 0 Å². The van der Waals surface area contributed by atoms with Crippen LogP contribution in [-0.4, -0.2) is 23.1 Å². The fourth-order valence-corrected chi connectivity index (χ4v) is 1.65. The topological polar surface area (TPSA) is 29.0 Å². The van der Waals surface area contributed by atoms with Crippen LogP contribution in [0.25, 0.3) is 0 Å². The van der Waals surface area contributed by atoms with Crippen molar-refractivity contribution < 1.29 is 0 Å². The Bertz CT molecular complexity index is 308. The van der Waals surface area contributed by atoms with Gasteiger partial charge in [0.05, 0.1) is 17.1 Å². The Kier molecular flexibility index (Phi) is 3.09. The molecule has 0 N–H and O–H groups in total. The zero-order valence-electron chi connectivity index (χ0n) is 9.92. The summed E-state index contributed by atoms with van der Waals surface area (Å²) in [5.74, 6) is 0.848. The summed E-state index contributed by atoms with van der Waals surface area (Å²) in [6.45, 7) is 10.3. The molecular weight excluding hydrogens is 174 g/mol. The third-order valence-electron chi connectivity index (χ3n) is 2.47. The Morgan fingerprint density at radius 1 is 1.00 bits per heavy atom. The Hall–Kier alpha value is -1.12. The largest absolute Gasteiger partial charge is 0.369 e. The lowest BCUT2D eigenvalue weighted by atomic mass is 10.2. The second-order valence-corrected chi connectivity index (χ2v) is 3.99. The van der Waals surface area contributed by atoms with E-state index in [1.807, 2.05) is 20.8 Å². The van der Waals surface area contributed by atoms with Crippen LogP contribution in [0.15, 0.2) is 0 Å². The fourth-order valence-electron chi connectivity index (χ4n) is 1.65. The van der Waals surface area contributed by atoms with Crippen LogP contribution in [0.3, 0.4) is 0 Å². The molecule has 0 saturated heterocycles. The molecule has 0 radical (unpaired) electrons. The molecule has 1 rings (SSSR count). The maximum atomic E-state index is 4.39. The van der Waals surface area contributed by atoms with Gasteiger partial charge in [0, 0.05) is 13.1 Å². The molecule has 0 unspecified atom stereocenters. The summed E-state index contributed by atoms with van der Waals surface area (Å²) < 4.78 is 0. The average Bonchev–Trinajstić information content (AvgIpc) is 2.01. The SMILES string of the molecule is Cc1nc(C)c(N(C)C(C)C)c(C)n1. The van der Waals surface area contributed by atoms with E-state index in [1.54, 1.807) is 0 Å². The fraction of sp³-hybridized carbons (Fsp3) is 0.636. The second-order valence-electron chi connectivity index (χ2n) is 3.99. The number of hydrogen-bond donors (Lipinski definition) is 0. The van der Waals surface area contributed by atoms with Crippen molar-refractivity contribution in [3.63, 3.8) is 0 Å². The Morgan fingerprint density at radius 2 is 1.43 bits per heavy atom. The van der Waals surface area contributed by atoms with Crippen LogP contribution in [0.4, 0.5) is 5.69 Å². The van der Waals surface area contributed by atoms with Gasteiger partial charge < -0.3 is 4.90 Å². The summed E-state index contributed by atoms with van der Waals surface area (Å²) >= 11 is 0. The third kappa shape index (κ3) is 2.03. The van der Waals surface area contributed by atoms with Crippen LogP contribution in [0, 0.1) is 20.8 Å². The second kappa shape index (κ2) is 3.95. The number of aryl methyl sites for hydroxylation is 3. The summed E-state index contributed by atoms with van der Waals surface area (Å²) in [6.07, 6.45) is 0. The quantitative estimate of drug-likeness (QED) is 0.721. The van der Waals surface area contributed by atoms with Crippen LogP contribution in [-0.2, 0) is 0 Å². The first-order valence-electron chi connectivity index (χ1n) is 4.98. The summed E-state index contributed by atoms with van der Waals surface area (Å²) in [7, 11) is 2.08. The molecule has 1 heterocycles. The van der Waals surface area contributed by atoms with Gasteiger partial charge in [0.25, 0.3) is 0 Å². The summed E-state index contributed by atoms with van der Waals surface area (Å²) in [5, 5.41) is 0. The molecule has 0 bridgehead atoms.